The van der Waals surface area contributed by atoms with Crippen molar-refractivity contribution >= 4 is 38.2 Å². The van der Waals surface area contributed by atoms with E-state index in [1.807, 2.05) is 37.3 Å². The third-order valence-corrected chi connectivity index (χ3v) is 3.55. The number of nitrogens with zero attached hydrogens (tertiary/aromatic N) is 1. The van der Waals surface area contributed by atoms with Crippen molar-refractivity contribution in [1.82, 2.24) is 4.98 Å². The Hall–Kier alpha value is -1.94. The molecule has 0 fully saturated rings. The fourth-order valence-electron chi connectivity index (χ4n) is 2.12. The lowest BCUT2D eigenvalue weighted by molar-refractivity contribution is 0.629. The van der Waals surface area contributed by atoms with E-state index >= 15 is 0 Å². The fraction of sp³-hybridized carbons (Fsp3) is 0.0625. The molecule has 1 N–H and O–H groups in total. The lowest BCUT2D eigenvalue weighted by atomic mass is 10.1. The van der Waals surface area contributed by atoms with Crippen molar-refractivity contribution in [2.45, 2.75) is 6.92 Å². The van der Waals surface area contributed by atoms with E-state index in [1.54, 1.807) is 6.07 Å². The summed E-state index contributed by atoms with van der Waals surface area (Å²) in [5.41, 5.74) is 3.48. The van der Waals surface area contributed by atoms with Crippen LogP contribution in [0.1, 0.15) is 5.69 Å². The van der Waals surface area contributed by atoms with Gasteiger partial charge in [-0.3, -0.25) is 4.98 Å². The maximum Gasteiger partial charge on any atom is 0.124 e. The van der Waals surface area contributed by atoms with Gasteiger partial charge in [-0.15, -0.1) is 0 Å². The molecule has 2 nitrogen and oxygen atoms in total. The lowest BCUT2D eigenvalue weighted by Gasteiger charge is -2.11. The molecule has 4 heteroatoms. The summed E-state index contributed by atoms with van der Waals surface area (Å²) in [4.78, 5) is 4.42. The van der Waals surface area contributed by atoms with E-state index in [0.717, 1.165) is 32.4 Å². The van der Waals surface area contributed by atoms with Crippen LogP contribution in [0.2, 0.25) is 0 Å². The molecule has 0 amide bonds. The number of hydrogen-bond donors (Lipinski definition) is 1. The molecule has 3 rings (SSSR count). The van der Waals surface area contributed by atoms with Gasteiger partial charge in [0, 0.05) is 26.9 Å². The van der Waals surface area contributed by atoms with Crippen molar-refractivity contribution in [3.63, 3.8) is 0 Å². The Labute approximate surface area is 124 Å². The monoisotopic (exact) mass is 330 g/mol. The molecule has 3 aromatic rings. The van der Waals surface area contributed by atoms with Crippen molar-refractivity contribution < 1.29 is 4.39 Å². The van der Waals surface area contributed by atoms with Crippen LogP contribution in [0.15, 0.2) is 53.0 Å². The van der Waals surface area contributed by atoms with Gasteiger partial charge in [-0.25, -0.2) is 4.39 Å². The standard InChI is InChI=1S/C16H12BrFN2/c1-10-8-16(20-13-5-2-11(17)3-6-13)14-9-12(18)4-7-15(14)19-10/h2-9H,1H3,(H,19,20). The molecule has 0 bridgehead atoms. The molecule has 20 heavy (non-hydrogen) atoms. The maximum atomic E-state index is 13.4. The smallest absolute Gasteiger partial charge is 0.124 e. The number of nitrogens with one attached hydrogen (secondary N) is 1. The van der Waals surface area contributed by atoms with Gasteiger partial charge in [0.2, 0.25) is 0 Å². The zero-order valence-electron chi connectivity index (χ0n) is 10.8. The molecule has 0 atom stereocenters. The minimum absolute atomic E-state index is 0.262. The topological polar surface area (TPSA) is 24.9 Å². The number of anilines is 2. The zero-order valence-corrected chi connectivity index (χ0v) is 12.4. The summed E-state index contributed by atoms with van der Waals surface area (Å²) in [5.74, 6) is -0.262. The average Bonchev–Trinajstić information content (AvgIpc) is 2.42. The van der Waals surface area contributed by atoms with E-state index in [0.29, 0.717) is 0 Å². The summed E-state index contributed by atoms with van der Waals surface area (Å²) >= 11 is 3.40. The summed E-state index contributed by atoms with van der Waals surface area (Å²) in [7, 11) is 0. The number of pyridine rings is 1. The fourth-order valence-corrected chi connectivity index (χ4v) is 2.39. The van der Waals surface area contributed by atoms with E-state index in [1.165, 1.54) is 12.1 Å². The minimum Gasteiger partial charge on any atom is -0.355 e. The van der Waals surface area contributed by atoms with Crippen LogP contribution in [-0.4, -0.2) is 4.98 Å². The Balaban J connectivity index is 2.10. The third-order valence-electron chi connectivity index (χ3n) is 3.02. The highest BCUT2D eigenvalue weighted by molar-refractivity contribution is 9.10. The van der Waals surface area contributed by atoms with Crippen molar-refractivity contribution in [3.05, 3.63) is 64.5 Å². The Morgan fingerprint density at radius 1 is 1.05 bits per heavy atom. The molecule has 0 radical (unpaired) electrons. The van der Waals surface area contributed by atoms with Gasteiger partial charge in [0.1, 0.15) is 5.82 Å². The van der Waals surface area contributed by atoms with Crippen molar-refractivity contribution in [2.24, 2.45) is 0 Å². The third kappa shape index (κ3) is 2.65. The number of aryl methyl sites for hydroxylation is 1. The van der Waals surface area contributed by atoms with E-state index in [4.69, 9.17) is 0 Å². The molecule has 0 saturated heterocycles. The van der Waals surface area contributed by atoms with Gasteiger partial charge in [-0.1, -0.05) is 15.9 Å². The highest BCUT2D eigenvalue weighted by Crippen LogP contribution is 2.27. The minimum atomic E-state index is -0.262. The van der Waals surface area contributed by atoms with Crippen molar-refractivity contribution in [3.8, 4) is 0 Å². The number of benzene rings is 2. The lowest BCUT2D eigenvalue weighted by Crippen LogP contribution is -1.95. The van der Waals surface area contributed by atoms with Gasteiger partial charge in [0.25, 0.3) is 0 Å². The predicted octanol–water partition coefficient (Wildman–Crippen LogP) is 5.19. The Morgan fingerprint density at radius 2 is 1.80 bits per heavy atom. The predicted molar refractivity (Wildman–Crippen MR) is 83.9 cm³/mol. The highest BCUT2D eigenvalue weighted by Gasteiger charge is 2.06. The van der Waals surface area contributed by atoms with E-state index in [-0.39, 0.29) is 5.82 Å². The summed E-state index contributed by atoms with van der Waals surface area (Å²) in [6.45, 7) is 1.93. The van der Waals surface area contributed by atoms with Gasteiger partial charge in [-0.2, -0.15) is 0 Å². The van der Waals surface area contributed by atoms with E-state index in [2.05, 4.69) is 26.2 Å². The van der Waals surface area contributed by atoms with E-state index < -0.39 is 0 Å². The molecule has 0 aliphatic carbocycles. The number of fused-ring (bicyclic) bond motifs is 1. The van der Waals surface area contributed by atoms with Crippen LogP contribution in [0.3, 0.4) is 0 Å². The summed E-state index contributed by atoms with van der Waals surface area (Å²) in [6.07, 6.45) is 0. The van der Waals surface area contributed by atoms with Gasteiger partial charge in [-0.05, 0) is 55.5 Å². The second kappa shape index (κ2) is 5.21. The molecule has 2 aromatic carbocycles. The van der Waals surface area contributed by atoms with Gasteiger partial charge >= 0.3 is 0 Å². The molecule has 100 valence electrons. The van der Waals surface area contributed by atoms with Crippen molar-refractivity contribution in [1.29, 1.82) is 0 Å². The summed E-state index contributed by atoms with van der Waals surface area (Å²) < 4.78 is 14.5. The highest BCUT2D eigenvalue weighted by atomic mass is 79.9. The van der Waals surface area contributed by atoms with Crippen LogP contribution in [0.25, 0.3) is 10.9 Å². The quantitative estimate of drug-likeness (QED) is 0.699. The first-order chi connectivity index (χ1) is 9.61. The Bertz CT molecular complexity index is 769. The number of aromatic nitrogens is 1. The van der Waals surface area contributed by atoms with Crippen LogP contribution < -0.4 is 5.32 Å². The Kier molecular flexibility index (Phi) is 3.40. The van der Waals surface area contributed by atoms with Crippen LogP contribution in [0.4, 0.5) is 15.8 Å². The largest absolute Gasteiger partial charge is 0.355 e. The molecule has 0 aliphatic heterocycles. The molecule has 1 heterocycles. The molecule has 0 spiro atoms. The van der Waals surface area contributed by atoms with Crippen molar-refractivity contribution in [2.75, 3.05) is 5.32 Å². The maximum absolute atomic E-state index is 13.4. The van der Waals surface area contributed by atoms with Crippen LogP contribution in [0.5, 0.6) is 0 Å². The van der Waals surface area contributed by atoms with Gasteiger partial charge in [0.15, 0.2) is 0 Å². The zero-order chi connectivity index (χ0) is 14.1. The van der Waals surface area contributed by atoms with E-state index in [9.17, 15) is 4.39 Å². The molecule has 1 aromatic heterocycles. The first kappa shape index (κ1) is 13.1. The molecule has 0 unspecified atom stereocenters. The second-order valence-corrected chi connectivity index (χ2v) is 5.52. The van der Waals surface area contributed by atoms with Gasteiger partial charge in [0.05, 0.1) is 5.52 Å². The number of hydrogen-bond acceptors (Lipinski definition) is 2. The molecule has 0 aliphatic rings. The SMILES string of the molecule is Cc1cc(Nc2ccc(Br)cc2)c2cc(F)ccc2n1. The first-order valence-corrected chi connectivity index (χ1v) is 7.00. The van der Waals surface area contributed by atoms with Crippen LogP contribution in [0, 0.1) is 12.7 Å². The second-order valence-electron chi connectivity index (χ2n) is 4.60. The molecule has 0 saturated carbocycles. The number of halogens is 2. The summed E-state index contributed by atoms with van der Waals surface area (Å²) in [6, 6.07) is 14.4. The average molecular weight is 331 g/mol. The summed E-state index contributed by atoms with van der Waals surface area (Å²) in [5, 5.41) is 4.09. The van der Waals surface area contributed by atoms with Gasteiger partial charge < -0.3 is 5.32 Å². The normalized spacial score (nSPS) is 10.8. The number of rotatable bonds is 2. The van der Waals surface area contributed by atoms with Crippen LogP contribution >= 0.6 is 15.9 Å². The molecular formula is C16H12BrFN2. The van der Waals surface area contributed by atoms with Crippen LogP contribution in [-0.2, 0) is 0 Å². The first-order valence-electron chi connectivity index (χ1n) is 6.21. The molecular weight excluding hydrogens is 319 g/mol. The Morgan fingerprint density at radius 3 is 2.55 bits per heavy atom.